The van der Waals surface area contributed by atoms with Gasteiger partial charge in [-0.15, -0.1) is 0 Å². The molecular weight excluding hydrogens is 240 g/mol. The Hall–Kier alpha value is -1.55. The molecular formula is C15H22N2O2. The molecule has 3 N–H and O–H groups in total. The van der Waals surface area contributed by atoms with Crippen LogP contribution in [-0.4, -0.2) is 25.1 Å². The highest BCUT2D eigenvalue weighted by molar-refractivity contribution is 5.95. The first kappa shape index (κ1) is 13.9. The number of hydrogen-bond acceptors (Lipinski definition) is 3. The fraction of sp³-hybridized carbons (Fsp3) is 0.533. The van der Waals surface area contributed by atoms with Gasteiger partial charge >= 0.3 is 0 Å². The number of methoxy groups -OCH3 is 1. The number of carbonyl (C=O) groups is 1. The van der Waals surface area contributed by atoms with Crippen LogP contribution in [0, 0.1) is 0 Å². The zero-order valence-electron chi connectivity index (χ0n) is 11.4. The highest BCUT2D eigenvalue weighted by Gasteiger charge is 2.32. The Bertz CT molecular complexity index is 440. The van der Waals surface area contributed by atoms with Crippen LogP contribution in [0.25, 0.3) is 0 Å². The third-order valence-corrected chi connectivity index (χ3v) is 3.91. The van der Waals surface area contributed by atoms with Crippen LogP contribution in [-0.2, 0) is 0 Å². The Kier molecular flexibility index (Phi) is 4.43. The smallest absolute Gasteiger partial charge is 0.251 e. The molecule has 1 fully saturated rings. The van der Waals surface area contributed by atoms with Crippen molar-refractivity contribution in [2.45, 2.75) is 37.6 Å². The zero-order valence-corrected chi connectivity index (χ0v) is 11.4. The summed E-state index contributed by atoms with van der Waals surface area (Å²) < 4.78 is 5.14. The van der Waals surface area contributed by atoms with Crippen molar-refractivity contribution in [3.05, 3.63) is 29.8 Å². The molecule has 4 heteroatoms. The van der Waals surface area contributed by atoms with E-state index in [0.717, 1.165) is 25.7 Å². The van der Waals surface area contributed by atoms with E-state index in [1.54, 1.807) is 19.2 Å². The van der Waals surface area contributed by atoms with Gasteiger partial charge in [0.25, 0.3) is 5.91 Å². The minimum atomic E-state index is -0.224. The topological polar surface area (TPSA) is 64.3 Å². The third-order valence-electron chi connectivity index (χ3n) is 3.91. The van der Waals surface area contributed by atoms with Crippen LogP contribution < -0.4 is 15.8 Å². The molecule has 0 heterocycles. The molecule has 0 atom stereocenters. The number of rotatable bonds is 4. The minimum absolute atomic E-state index is 0.0637. The van der Waals surface area contributed by atoms with Gasteiger partial charge in [0.05, 0.1) is 12.6 Å². The van der Waals surface area contributed by atoms with Gasteiger partial charge in [0.2, 0.25) is 0 Å². The maximum atomic E-state index is 12.3. The van der Waals surface area contributed by atoms with Gasteiger partial charge in [-0.3, -0.25) is 4.79 Å². The monoisotopic (exact) mass is 262 g/mol. The van der Waals surface area contributed by atoms with Gasteiger partial charge in [-0.05, 0) is 31.0 Å². The first-order valence-electron chi connectivity index (χ1n) is 6.86. The first-order chi connectivity index (χ1) is 9.19. The van der Waals surface area contributed by atoms with Crippen molar-refractivity contribution in [1.29, 1.82) is 0 Å². The number of nitrogens with two attached hydrogens (primary N) is 1. The number of ether oxygens (including phenoxy) is 1. The predicted octanol–water partition coefficient (Wildman–Crippen LogP) is 2.09. The van der Waals surface area contributed by atoms with E-state index in [0.29, 0.717) is 17.9 Å². The quantitative estimate of drug-likeness (QED) is 0.873. The minimum Gasteiger partial charge on any atom is -0.497 e. The number of carbonyl (C=O) groups excluding carboxylic acids is 1. The summed E-state index contributed by atoms with van der Waals surface area (Å²) in [5.74, 6) is 0.629. The lowest BCUT2D eigenvalue weighted by Gasteiger charge is -2.37. The fourth-order valence-corrected chi connectivity index (χ4v) is 2.69. The molecule has 4 nitrogen and oxygen atoms in total. The SMILES string of the molecule is COc1cccc(C(=O)NC2(CN)CCCCC2)c1. The van der Waals surface area contributed by atoms with Crippen LogP contribution in [0.15, 0.2) is 24.3 Å². The Morgan fingerprint density at radius 2 is 2.11 bits per heavy atom. The van der Waals surface area contributed by atoms with E-state index < -0.39 is 0 Å². The van der Waals surface area contributed by atoms with E-state index in [2.05, 4.69) is 5.32 Å². The lowest BCUT2D eigenvalue weighted by Crippen LogP contribution is -2.54. The first-order valence-corrected chi connectivity index (χ1v) is 6.86. The van der Waals surface area contributed by atoms with E-state index >= 15 is 0 Å². The van der Waals surface area contributed by atoms with Gasteiger partial charge in [0, 0.05) is 12.1 Å². The van der Waals surface area contributed by atoms with E-state index in [4.69, 9.17) is 10.5 Å². The van der Waals surface area contributed by atoms with Gasteiger partial charge in [-0.2, -0.15) is 0 Å². The van der Waals surface area contributed by atoms with Crippen molar-refractivity contribution >= 4 is 5.91 Å². The molecule has 1 aromatic rings. The highest BCUT2D eigenvalue weighted by Crippen LogP contribution is 2.27. The molecule has 19 heavy (non-hydrogen) atoms. The summed E-state index contributed by atoms with van der Waals surface area (Å²) in [6, 6.07) is 7.20. The number of hydrogen-bond donors (Lipinski definition) is 2. The molecule has 1 saturated carbocycles. The van der Waals surface area contributed by atoms with Crippen molar-refractivity contribution < 1.29 is 9.53 Å². The van der Waals surface area contributed by atoms with Gasteiger partial charge in [-0.1, -0.05) is 25.3 Å². The predicted molar refractivity (Wildman–Crippen MR) is 75.3 cm³/mol. The molecule has 0 unspecified atom stereocenters. The van der Waals surface area contributed by atoms with Crippen LogP contribution >= 0.6 is 0 Å². The molecule has 104 valence electrons. The molecule has 1 aliphatic carbocycles. The van der Waals surface area contributed by atoms with Gasteiger partial charge in [0.15, 0.2) is 0 Å². The number of benzene rings is 1. The molecule has 0 bridgehead atoms. The summed E-state index contributed by atoms with van der Waals surface area (Å²) in [4.78, 5) is 12.3. The standard InChI is InChI=1S/C15H22N2O2/c1-19-13-7-5-6-12(10-13)14(18)17-15(11-16)8-3-2-4-9-15/h5-7,10H,2-4,8-9,11,16H2,1H3,(H,17,18). The molecule has 0 aliphatic heterocycles. The van der Waals surface area contributed by atoms with Crippen LogP contribution in [0.3, 0.4) is 0 Å². The maximum Gasteiger partial charge on any atom is 0.251 e. The molecule has 1 aromatic carbocycles. The third kappa shape index (κ3) is 3.26. The molecule has 0 saturated heterocycles. The summed E-state index contributed by atoms with van der Waals surface area (Å²) >= 11 is 0. The van der Waals surface area contributed by atoms with Crippen molar-refractivity contribution in [2.75, 3.05) is 13.7 Å². The van der Waals surface area contributed by atoms with Crippen LogP contribution in [0.1, 0.15) is 42.5 Å². The second-order valence-electron chi connectivity index (χ2n) is 5.23. The van der Waals surface area contributed by atoms with E-state index in [1.807, 2.05) is 12.1 Å². The van der Waals surface area contributed by atoms with Crippen molar-refractivity contribution in [3.8, 4) is 5.75 Å². The summed E-state index contributed by atoms with van der Waals surface area (Å²) in [6.45, 7) is 0.503. The lowest BCUT2D eigenvalue weighted by molar-refractivity contribution is 0.0874. The van der Waals surface area contributed by atoms with Crippen molar-refractivity contribution in [3.63, 3.8) is 0 Å². The Morgan fingerprint density at radius 3 is 2.74 bits per heavy atom. The average Bonchev–Trinajstić information content (AvgIpc) is 2.48. The fourth-order valence-electron chi connectivity index (χ4n) is 2.69. The molecule has 1 aliphatic rings. The van der Waals surface area contributed by atoms with Crippen molar-refractivity contribution in [2.24, 2.45) is 5.73 Å². The molecule has 0 radical (unpaired) electrons. The van der Waals surface area contributed by atoms with Crippen LogP contribution in [0.2, 0.25) is 0 Å². The molecule has 0 spiro atoms. The van der Waals surface area contributed by atoms with E-state index in [9.17, 15) is 4.79 Å². The van der Waals surface area contributed by atoms with Gasteiger partial charge in [0.1, 0.15) is 5.75 Å². The lowest BCUT2D eigenvalue weighted by atomic mass is 9.81. The largest absolute Gasteiger partial charge is 0.497 e. The van der Waals surface area contributed by atoms with Crippen molar-refractivity contribution in [1.82, 2.24) is 5.32 Å². The van der Waals surface area contributed by atoms with E-state index in [-0.39, 0.29) is 11.4 Å². The zero-order chi connectivity index (χ0) is 13.7. The second-order valence-corrected chi connectivity index (χ2v) is 5.23. The molecule has 1 amide bonds. The van der Waals surface area contributed by atoms with Crippen LogP contribution in [0.4, 0.5) is 0 Å². The Morgan fingerprint density at radius 1 is 1.37 bits per heavy atom. The van der Waals surface area contributed by atoms with Crippen LogP contribution in [0.5, 0.6) is 5.75 Å². The summed E-state index contributed by atoms with van der Waals surface area (Å²) in [7, 11) is 1.60. The normalized spacial score (nSPS) is 17.8. The number of nitrogens with one attached hydrogen (secondary N) is 1. The average molecular weight is 262 g/mol. The molecule has 0 aromatic heterocycles. The number of amides is 1. The van der Waals surface area contributed by atoms with Gasteiger partial charge in [-0.25, -0.2) is 0 Å². The summed E-state index contributed by atoms with van der Waals surface area (Å²) in [6.07, 6.45) is 5.44. The van der Waals surface area contributed by atoms with Gasteiger partial charge < -0.3 is 15.8 Å². The maximum absolute atomic E-state index is 12.3. The summed E-state index contributed by atoms with van der Waals surface area (Å²) in [5, 5.41) is 3.13. The molecule has 2 rings (SSSR count). The summed E-state index contributed by atoms with van der Waals surface area (Å²) in [5.41, 5.74) is 6.28. The second kappa shape index (κ2) is 6.06. The Labute approximate surface area is 114 Å². The highest BCUT2D eigenvalue weighted by atomic mass is 16.5. The van der Waals surface area contributed by atoms with E-state index in [1.165, 1.54) is 6.42 Å². The Balaban J connectivity index is 2.10.